The Morgan fingerprint density at radius 1 is 1.03 bits per heavy atom. The van der Waals surface area contributed by atoms with Gasteiger partial charge < -0.3 is 20.1 Å². The highest BCUT2D eigenvalue weighted by Crippen LogP contribution is 2.52. The molecule has 2 fully saturated rings. The number of amides is 2. The van der Waals surface area contributed by atoms with Gasteiger partial charge in [0.1, 0.15) is 12.6 Å². The highest BCUT2D eigenvalue weighted by atomic mass is 16.5. The number of carbonyl (C=O) groups excluding carboxylic acids is 2. The highest BCUT2D eigenvalue weighted by molar-refractivity contribution is 5.87. The normalized spacial score (nSPS) is 23.9. The van der Waals surface area contributed by atoms with E-state index in [0.29, 0.717) is 13.1 Å². The summed E-state index contributed by atoms with van der Waals surface area (Å²) in [6.45, 7) is 4.99. The second-order valence-electron chi connectivity index (χ2n) is 9.77. The number of ether oxygens (including phenoxy) is 1. The molecule has 7 nitrogen and oxygen atoms in total. The molecule has 1 saturated carbocycles. The third-order valence-electron chi connectivity index (χ3n) is 7.89. The molecule has 1 saturated heterocycles. The maximum atomic E-state index is 13.2. The summed E-state index contributed by atoms with van der Waals surface area (Å²) in [7, 11) is 0. The van der Waals surface area contributed by atoms with E-state index in [4.69, 9.17) is 4.74 Å². The lowest BCUT2D eigenvalue weighted by Gasteiger charge is -2.29. The van der Waals surface area contributed by atoms with Gasteiger partial charge in [0, 0.05) is 19.0 Å². The van der Waals surface area contributed by atoms with Gasteiger partial charge in [0.05, 0.1) is 5.92 Å². The Morgan fingerprint density at radius 2 is 1.59 bits per heavy atom. The van der Waals surface area contributed by atoms with Gasteiger partial charge in [-0.1, -0.05) is 68.8 Å². The van der Waals surface area contributed by atoms with Crippen molar-refractivity contribution >= 4 is 18.0 Å². The van der Waals surface area contributed by atoms with Crippen molar-refractivity contribution in [3.8, 4) is 11.1 Å². The van der Waals surface area contributed by atoms with Crippen LogP contribution in [0.2, 0.25) is 0 Å². The molecule has 2 aromatic rings. The molecule has 1 heterocycles. The fraction of sp³-hybridized carbons (Fsp3) is 0.444. The van der Waals surface area contributed by atoms with E-state index in [1.54, 1.807) is 4.90 Å². The highest BCUT2D eigenvalue weighted by Gasteiger charge is 2.61. The van der Waals surface area contributed by atoms with Crippen LogP contribution >= 0.6 is 0 Å². The van der Waals surface area contributed by atoms with Crippen molar-refractivity contribution in [2.24, 2.45) is 23.7 Å². The van der Waals surface area contributed by atoms with E-state index in [0.717, 1.165) is 28.7 Å². The molecule has 0 bridgehead atoms. The van der Waals surface area contributed by atoms with Gasteiger partial charge >= 0.3 is 12.1 Å². The smallest absolute Gasteiger partial charge is 0.407 e. The Labute approximate surface area is 199 Å². The number of likely N-dealkylation sites (tertiary alicyclic amines) is 1. The largest absolute Gasteiger partial charge is 0.481 e. The number of rotatable bonds is 7. The van der Waals surface area contributed by atoms with Crippen LogP contribution in [-0.4, -0.2) is 53.7 Å². The van der Waals surface area contributed by atoms with Gasteiger partial charge in [0.2, 0.25) is 5.91 Å². The molecule has 0 radical (unpaired) electrons. The maximum absolute atomic E-state index is 13.2. The number of nitrogens with zero attached hydrogens (tertiary/aromatic N) is 1. The molecule has 178 valence electrons. The zero-order chi connectivity index (χ0) is 24.0. The Bertz CT molecular complexity index is 1070. The predicted molar refractivity (Wildman–Crippen MR) is 126 cm³/mol. The van der Waals surface area contributed by atoms with Gasteiger partial charge in [-0.15, -0.1) is 0 Å². The van der Waals surface area contributed by atoms with E-state index in [1.165, 1.54) is 0 Å². The van der Waals surface area contributed by atoms with Crippen molar-refractivity contribution in [1.29, 1.82) is 0 Å². The van der Waals surface area contributed by atoms with Crippen LogP contribution in [0.3, 0.4) is 0 Å². The zero-order valence-electron chi connectivity index (χ0n) is 19.4. The number of carboxylic acids is 1. The number of piperidine rings is 1. The molecular weight excluding hydrogens is 432 g/mol. The number of alkyl carbamates (subject to hydrolysis) is 1. The Balaban J connectivity index is 1.23. The molecular formula is C27H30N2O5. The quantitative estimate of drug-likeness (QED) is 0.654. The minimum Gasteiger partial charge on any atom is -0.481 e. The van der Waals surface area contributed by atoms with Crippen LogP contribution in [0.25, 0.3) is 11.1 Å². The van der Waals surface area contributed by atoms with Crippen LogP contribution in [0.1, 0.15) is 37.3 Å². The molecule has 2 N–H and O–H groups in total. The van der Waals surface area contributed by atoms with Crippen LogP contribution in [0.5, 0.6) is 0 Å². The Morgan fingerprint density at radius 3 is 2.12 bits per heavy atom. The van der Waals surface area contributed by atoms with Crippen LogP contribution in [0.4, 0.5) is 4.79 Å². The number of hydrogen-bond donors (Lipinski definition) is 2. The second kappa shape index (κ2) is 8.78. The van der Waals surface area contributed by atoms with Crippen LogP contribution < -0.4 is 5.32 Å². The molecule has 1 aliphatic heterocycles. The SMILES string of the molecule is CCC(C)C(NC(=O)OCC1c2ccccc2-c2ccccc21)C(=O)N1CC2C(C1)C2C(=O)O. The number of nitrogens with one attached hydrogen (secondary N) is 1. The Kier molecular flexibility index (Phi) is 5.80. The molecule has 5 rings (SSSR count). The van der Waals surface area contributed by atoms with Crippen LogP contribution in [-0.2, 0) is 14.3 Å². The fourth-order valence-corrected chi connectivity index (χ4v) is 5.72. The van der Waals surface area contributed by atoms with Gasteiger partial charge in [-0.3, -0.25) is 9.59 Å². The third kappa shape index (κ3) is 3.83. The molecule has 2 aromatic carbocycles. The predicted octanol–water partition coefficient (Wildman–Crippen LogP) is 3.73. The van der Waals surface area contributed by atoms with E-state index in [9.17, 15) is 19.5 Å². The van der Waals surface area contributed by atoms with Crippen molar-refractivity contribution in [2.45, 2.75) is 32.2 Å². The van der Waals surface area contributed by atoms with E-state index < -0.39 is 18.1 Å². The van der Waals surface area contributed by atoms with Crippen molar-refractivity contribution in [3.63, 3.8) is 0 Å². The lowest BCUT2D eigenvalue weighted by molar-refractivity contribution is -0.141. The number of carboxylic acid groups (broad SMARTS) is 1. The van der Waals surface area contributed by atoms with E-state index in [1.807, 2.05) is 38.1 Å². The molecule has 0 aromatic heterocycles. The molecule has 34 heavy (non-hydrogen) atoms. The van der Waals surface area contributed by atoms with Crippen LogP contribution in [0, 0.1) is 23.7 Å². The molecule has 7 heteroatoms. The minimum absolute atomic E-state index is 0.0356. The lowest BCUT2D eigenvalue weighted by Crippen LogP contribution is -2.52. The average molecular weight is 463 g/mol. The van der Waals surface area contributed by atoms with Crippen molar-refractivity contribution in [3.05, 3.63) is 59.7 Å². The molecule has 2 amide bonds. The number of aliphatic carboxylic acids is 1. The number of hydrogen-bond acceptors (Lipinski definition) is 4. The topological polar surface area (TPSA) is 95.9 Å². The maximum Gasteiger partial charge on any atom is 0.407 e. The van der Waals surface area contributed by atoms with Crippen molar-refractivity contribution in [1.82, 2.24) is 10.2 Å². The van der Waals surface area contributed by atoms with E-state index >= 15 is 0 Å². The fourth-order valence-electron chi connectivity index (χ4n) is 5.72. The molecule has 0 spiro atoms. The van der Waals surface area contributed by atoms with E-state index in [2.05, 4.69) is 29.6 Å². The average Bonchev–Trinajstić information content (AvgIpc) is 3.20. The second-order valence-corrected chi connectivity index (χ2v) is 9.77. The van der Waals surface area contributed by atoms with Gasteiger partial charge in [0.15, 0.2) is 0 Å². The zero-order valence-corrected chi connectivity index (χ0v) is 19.4. The van der Waals surface area contributed by atoms with Crippen molar-refractivity contribution in [2.75, 3.05) is 19.7 Å². The molecule has 2 aliphatic carbocycles. The first-order valence-corrected chi connectivity index (χ1v) is 12.0. The first-order valence-electron chi connectivity index (χ1n) is 12.0. The van der Waals surface area contributed by atoms with Gasteiger partial charge in [-0.2, -0.15) is 0 Å². The van der Waals surface area contributed by atoms with Gasteiger partial charge in [-0.05, 0) is 40.0 Å². The molecule has 3 aliphatic rings. The Hall–Kier alpha value is -3.35. The summed E-state index contributed by atoms with van der Waals surface area (Å²) in [6.07, 6.45) is 0.117. The summed E-state index contributed by atoms with van der Waals surface area (Å²) in [5, 5.41) is 12.0. The number of carbonyl (C=O) groups is 3. The first kappa shape index (κ1) is 22.4. The summed E-state index contributed by atoms with van der Waals surface area (Å²) in [4.78, 5) is 39.0. The molecule has 4 unspecified atom stereocenters. The molecule has 4 atom stereocenters. The summed E-state index contributed by atoms with van der Waals surface area (Å²) in [5.74, 6) is -1.31. The lowest BCUT2D eigenvalue weighted by atomic mass is 9.97. The number of fused-ring (bicyclic) bond motifs is 4. The monoisotopic (exact) mass is 462 g/mol. The summed E-state index contributed by atoms with van der Waals surface area (Å²) in [5.41, 5.74) is 4.59. The third-order valence-corrected chi connectivity index (χ3v) is 7.89. The number of benzene rings is 2. The standard InChI is InChI=1S/C27H30N2O5/c1-3-15(2)24(25(30)29-12-20-21(13-29)23(20)26(31)32)28-27(33)34-14-22-18-10-6-4-8-16(18)17-9-5-7-11-19(17)22/h4-11,15,20-24H,3,12-14H2,1-2H3,(H,28,33)(H,31,32). The van der Waals surface area contributed by atoms with E-state index in [-0.39, 0.29) is 42.1 Å². The first-order chi connectivity index (χ1) is 16.4. The summed E-state index contributed by atoms with van der Waals surface area (Å²) >= 11 is 0. The van der Waals surface area contributed by atoms with Crippen molar-refractivity contribution < 1.29 is 24.2 Å². The van der Waals surface area contributed by atoms with Crippen LogP contribution in [0.15, 0.2) is 48.5 Å². The van der Waals surface area contributed by atoms with Gasteiger partial charge in [-0.25, -0.2) is 4.79 Å². The summed E-state index contributed by atoms with van der Waals surface area (Å²) in [6, 6.07) is 15.6. The summed E-state index contributed by atoms with van der Waals surface area (Å²) < 4.78 is 5.66. The minimum atomic E-state index is -0.780. The van der Waals surface area contributed by atoms with Gasteiger partial charge in [0.25, 0.3) is 0 Å².